The van der Waals surface area contributed by atoms with Crippen molar-refractivity contribution in [1.29, 1.82) is 5.26 Å². The van der Waals surface area contributed by atoms with E-state index in [1.807, 2.05) is 33.9 Å². The van der Waals surface area contributed by atoms with Gasteiger partial charge in [0.1, 0.15) is 5.82 Å². The number of rotatable bonds is 2. The number of hydrogen-bond donors (Lipinski definition) is 1. The van der Waals surface area contributed by atoms with Crippen LogP contribution in [-0.4, -0.2) is 5.78 Å². The second-order valence-electron chi connectivity index (χ2n) is 8.01. The smallest absolute Gasteiger partial charge is 0.162 e. The number of anilines is 1. The Morgan fingerprint density at radius 3 is 2.57 bits per heavy atom. The van der Waals surface area contributed by atoms with Crippen LogP contribution in [0.4, 0.5) is 5.69 Å². The van der Waals surface area contributed by atoms with Crippen molar-refractivity contribution < 1.29 is 4.79 Å². The van der Waals surface area contributed by atoms with Gasteiger partial charge in [0.2, 0.25) is 0 Å². The van der Waals surface area contributed by atoms with Crippen LogP contribution < -0.4 is 10.6 Å². The number of nitrogens with two attached hydrogens (primary N) is 1. The first-order chi connectivity index (χ1) is 13.3. The van der Waals surface area contributed by atoms with Gasteiger partial charge in [0.25, 0.3) is 0 Å². The second-order valence-corrected chi connectivity index (χ2v) is 9.23. The molecule has 2 aliphatic rings. The molecule has 0 bridgehead atoms. The van der Waals surface area contributed by atoms with Gasteiger partial charge in [0.05, 0.1) is 17.6 Å². The fourth-order valence-electron chi connectivity index (χ4n) is 4.17. The van der Waals surface area contributed by atoms with Crippen LogP contribution >= 0.6 is 22.9 Å². The Bertz CT molecular complexity index is 1040. The third-order valence-electron chi connectivity index (χ3n) is 5.34. The van der Waals surface area contributed by atoms with Crippen molar-refractivity contribution >= 4 is 34.4 Å². The molecule has 6 heteroatoms. The van der Waals surface area contributed by atoms with E-state index in [9.17, 15) is 10.1 Å². The molecule has 2 N–H and O–H groups in total. The largest absolute Gasteiger partial charge is 0.384 e. The van der Waals surface area contributed by atoms with Crippen molar-refractivity contribution in [1.82, 2.24) is 0 Å². The highest BCUT2D eigenvalue weighted by atomic mass is 35.5. The minimum Gasteiger partial charge on any atom is -0.384 e. The van der Waals surface area contributed by atoms with Crippen LogP contribution in [0.15, 0.2) is 63.8 Å². The summed E-state index contributed by atoms with van der Waals surface area (Å²) in [5.41, 5.74) is 10.1. The van der Waals surface area contributed by atoms with Crippen LogP contribution in [0.5, 0.6) is 0 Å². The van der Waals surface area contributed by atoms with Gasteiger partial charge in [-0.15, -0.1) is 0 Å². The van der Waals surface area contributed by atoms with Gasteiger partial charge in [-0.25, -0.2) is 0 Å². The molecule has 4 rings (SSSR count). The number of benzene rings is 1. The molecule has 1 aromatic carbocycles. The zero-order valence-electron chi connectivity index (χ0n) is 15.7. The number of Topliss-reactive ketones (excluding diaryl/α,β-unsaturated/α-hetero) is 1. The van der Waals surface area contributed by atoms with Crippen molar-refractivity contribution in [2.24, 2.45) is 11.1 Å². The number of ketones is 1. The zero-order valence-corrected chi connectivity index (χ0v) is 17.3. The van der Waals surface area contributed by atoms with Gasteiger partial charge < -0.3 is 5.73 Å². The van der Waals surface area contributed by atoms with Gasteiger partial charge in [-0.1, -0.05) is 25.4 Å². The lowest BCUT2D eigenvalue weighted by atomic mass is 9.69. The Morgan fingerprint density at radius 1 is 1.25 bits per heavy atom. The van der Waals surface area contributed by atoms with E-state index < -0.39 is 5.92 Å². The molecular formula is C22H20ClN3OS. The summed E-state index contributed by atoms with van der Waals surface area (Å²) in [5, 5.41) is 14.5. The minimum absolute atomic E-state index is 0.0849. The molecule has 142 valence electrons. The number of carbonyl (C=O) groups excluding carboxylic acids is 1. The van der Waals surface area contributed by atoms with Crippen LogP contribution in [0.25, 0.3) is 0 Å². The third-order valence-corrected chi connectivity index (χ3v) is 6.30. The Hall–Kier alpha value is -2.55. The molecule has 0 amide bonds. The number of hydrogen-bond acceptors (Lipinski definition) is 5. The third kappa shape index (κ3) is 3.03. The number of thiophene rings is 1. The number of nitriles is 1. The first kappa shape index (κ1) is 18.8. The summed E-state index contributed by atoms with van der Waals surface area (Å²) in [6.45, 7) is 4.18. The van der Waals surface area contributed by atoms with Gasteiger partial charge in [-0.05, 0) is 58.5 Å². The zero-order chi connectivity index (χ0) is 20.1. The number of allylic oxidation sites excluding steroid dienone is 3. The lowest BCUT2D eigenvalue weighted by Gasteiger charge is -2.43. The minimum atomic E-state index is -0.404. The summed E-state index contributed by atoms with van der Waals surface area (Å²) < 4.78 is 0. The fraction of sp³-hybridized carbons (Fsp3) is 0.273. The van der Waals surface area contributed by atoms with E-state index in [4.69, 9.17) is 17.3 Å². The van der Waals surface area contributed by atoms with Crippen molar-refractivity contribution in [2.45, 2.75) is 32.6 Å². The Morgan fingerprint density at radius 2 is 1.96 bits per heavy atom. The van der Waals surface area contributed by atoms with Crippen LogP contribution in [0.2, 0.25) is 5.02 Å². The summed E-state index contributed by atoms with van der Waals surface area (Å²) in [7, 11) is 0. The highest BCUT2D eigenvalue weighted by molar-refractivity contribution is 7.08. The second kappa shape index (κ2) is 6.80. The summed E-state index contributed by atoms with van der Waals surface area (Å²) in [6, 6.07) is 11.6. The monoisotopic (exact) mass is 409 g/mol. The predicted octanol–water partition coefficient (Wildman–Crippen LogP) is 5.34. The Balaban J connectivity index is 1.99. The quantitative estimate of drug-likeness (QED) is 0.726. The average Bonchev–Trinajstić information content (AvgIpc) is 3.15. The first-order valence-corrected chi connectivity index (χ1v) is 10.4. The maximum atomic E-state index is 13.3. The van der Waals surface area contributed by atoms with Gasteiger partial charge in [0, 0.05) is 28.4 Å². The van der Waals surface area contributed by atoms with Gasteiger partial charge in [0.15, 0.2) is 5.78 Å². The number of nitrogens with zero attached hydrogens (tertiary/aromatic N) is 2. The normalized spacial score (nSPS) is 21.6. The molecule has 0 saturated carbocycles. The molecule has 2 heterocycles. The Labute approximate surface area is 173 Å². The summed E-state index contributed by atoms with van der Waals surface area (Å²) in [4.78, 5) is 15.1. The van der Waals surface area contributed by atoms with E-state index in [2.05, 4.69) is 19.9 Å². The van der Waals surface area contributed by atoms with Gasteiger partial charge in [-0.3, -0.25) is 9.69 Å². The highest BCUT2D eigenvalue weighted by Gasteiger charge is 2.44. The lowest BCUT2D eigenvalue weighted by molar-refractivity contribution is -0.118. The summed E-state index contributed by atoms with van der Waals surface area (Å²) in [5.74, 6) is 0.0605. The van der Waals surface area contributed by atoms with E-state index in [1.54, 1.807) is 23.5 Å². The first-order valence-electron chi connectivity index (χ1n) is 9.06. The molecule has 2 aromatic rings. The number of carbonyl (C=O) groups is 1. The van der Waals surface area contributed by atoms with E-state index >= 15 is 0 Å². The molecule has 1 aliphatic heterocycles. The molecule has 1 aromatic heterocycles. The molecule has 4 nitrogen and oxygen atoms in total. The molecule has 0 spiro atoms. The molecule has 0 fully saturated rings. The van der Waals surface area contributed by atoms with Crippen LogP contribution in [0.1, 0.15) is 38.2 Å². The van der Waals surface area contributed by atoms with Crippen molar-refractivity contribution in [2.75, 3.05) is 4.90 Å². The van der Waals surface area contributed by atoms with E-state index in [0.717, 1.165) is 16.9 Å². The molecule has 1 atom stereocenters. The maximum Gasteiger partial charge on any atom is 0.162 e. The average molecular weight is 410 g/mol. The summed E-state index contributed by atoms with van der Waals surface area (Å²) in [6.07, 6.45) is 1.16. The van der Waals surface area contributed by atoms with Gasteiger partial charge in [-0.2, -0.15) is 16.6 Å². The standard InChI is InChI=1S/C22H20ClN3OS/c1-22(2)9-17-20(18(27)10-22)19(13-7-8-28-12-13)16(11-24)21(25)26(17)15-5-3-14(23)4-6-15/h3-8,12,19H,9-10,25H2,1-2H3. The maximum absolute atomic E-state index is 13.3. The molecular weight excluding hydrogens is 390 g/mol. The molecule has 28 heavy (non-hydrogen) atoms. The Kier molecular flexibility index (Phi) is 4.57. The van der Waals surface area contributed by atoms with Crippen molar-refractivity contribution in [3.8, 4) is 6.07 Å². The number of halogens is 1. The SMILES string of the molecule is CC1(C)CC(=O)C2=C(C1)N(c1ccc(Cl)cc1)C(N)=C(C#N)C2c1ccsc1. The van der Waals surface area contributed by atoms with Gasteiger partial charge >= 0.3 is 0 Å². The van der Waals surface area contributed by atoms with Crippen molar-refractivity contribution in [3.63, 3.8) is 0 Å². The fourth-order valence-corrected chi connectivity index (χ4v) is 4.98. The lowest BCUT2D eigenvalue weighted by Crippen LogP contribution is -2.42. The van der Waals surface area contributed by atoms with E-state index in [0.29, 0.717) is 34.8 Å². The molecule has 0 saturated heterocycles. The molecule has 0 radical (unpaired) electrons. The molecule has 1 aliphatic carbocycles. The van der Waals surface area contributed by atoms with Crippen molar-refractivity contribution in [3.05, 3.63) is 74.3 Å². The summed E-state index contributed by atoms with van der Waals surface area (Å²) >= 11 is 7.61. The van der Waals surface area contributed by atoms with Crippen LogP contribution in [0.3, 0.4) is 0 Å². The predicted molar refractivity (Wildman–Crippen MR) is 113 cm³/mol. The van der Waals surface area contributed by atoms with E-state index in [-0.39, 0.29) is 11.2 Å². The topological polar surface area (TPSA) is 70.1 Å². The van der Waals surface area contributed by atoms with E-state index in [1.165, 1.54) is 0 Å². The highest BCUT2D eigenvalue weighted by Crippen LogP contribution is 2.50. The van der Waals surface area contributed by atoms with Crippen LogP contribution in [-0.2, 0) is 4.79 Å². The van der Waals surface area contributed by atoms with Crippen LogP contribution in [0, 0.1) is 16.7 Å². The molecule has 1 unspecified atom stereocenters.